The first-order chi connectivity index (χ1) is 8.91. The molecular formula is C13H9F3N2O. The van der Waals surface area contributed by atoms with Gasteiger partial charge in [0.25, 0.3) is 5.91 Å². The van der Waals surface area contributed by atoms with Crippen LogP contribution in [0.15, 0.2) is 42.6 Å². The van der Waals surface area contributed by atoms with Crippen molar-refractivity contribution in [2.24, 2.45) is 5.73 Å². The number of carbonyl (C=O) groups excluding carboxylic acids is 1. The van der Waals surface area contributed by atoms with Gasteiger partial charge in [-0.2, -0.15) is 13.2 Å². The van der Waals surface area contributed by atoms with Crippen molar-refractivity contribution in [3.63, 3.8) is 0 Å². The molecule has 3 nitrogen and oxygen atoms in total. The summed E-state index contributed by atoms with van der Waals surface area (Å²) in [5, 5.41) is 0. The van der Waals surface area contributed by atoms with Crippen molar-refractivity contribution in [3.8, 4) is 11.3 Å². The number of alkyl halides is 3. The number of nitrogens with zero attached hydrogens (tertiary/aromatic N) is 1. The first kappa shape index (κ1) is 13.1. The monoisotopic (exact) mass is 266 g/mol. The molecule has 0 spiro atoms. The summed E-state index contributed by atoms with van der Waals surface area (Å²) in [7, 11) is 0. The van der Waals surface area contributed by atoms with Crippen molar-refractivity contribution in [1.82, 2.24) is 4.98 Å². The predicted molar refractivity (Wildman–Crippen MR) is 63.2 cm³/mol. The molecule has 0 aliphatic carbocycles. The number of hydrogen-bond donors (Lipinski definition) is 1. The van der Waals surface area contributed by atoms with Gasteiger partial charge in [-0.3, -0.25) is 9.78 Å². The first-order valence-electron chi connectivity index (χ1n) is 5.32. The van der Waals surface area contributed by atoms with Crippen LogP contribution in [0.25, 0.3) is 11.3 Å². The van der Waals surface area contributed by atoms with Crippen LogP contribution in [0.2, 0.25) is 0 Å². The van der Waals surface area contributed by atoms with Gasteiger partial charge < -0.3 is 5.73 Å². The Hall–Kier alpha value is -2.37. The van der Waals surface area contributed by atoms with E-state index in [0.717, 1.165) is 6.07 Å². The average molecular weight is 266 g/mol. The van der Waals surface area contributed by atoms with Gasteiger partial charge in [0.1, 0.15) is 0 Å². The number of benzene rings is 1. The third kappa shape index (κ3) is 2.57. The van der Waals surface area contributed by atoms with Gasteiger partial charge in [0.2, 0.25) is 0 Å². The SMILES string of the molecule is NC(=O)c1cccnc1-c1ccccc1C(F)(F)F. The number of aromatic nitrogens is 1. The van der Waals surface area contributed by atoms with E-state index in [0.29, 0.717) is 0 Å². The Labute approximate surface area is 106 Å². The summed E-state index contributed by atoms with van der Waals surface area (Å²) in [4.78, 5) is 15.1. The Morgan fingerprint density at radius 2 is 1.79 bits per heavy atom. The summed E-state index contributed by atoms with van der Waals surface area (Å²) >= 11 is 0. The Kier molecular flexibility index (Phi) is 3.25. The Morgan fingerprint density at radius 3 is 2.42 bits per heavy atom. The zero-order valence-corrected chi connectivity index (χ0v) is 9.61. The molecule has 98 valence electrons. The summed E-state index contributed by atoms with van der Waals surface area (Å²) in [6.07, 6.45) is -3.21. The van der Waals surface area contributed by atoms with Crippen molar-refractivity contribution < 1.29 is 18.0 Å². The molecule has 2 rings (SSSR count). The zero-order chi connectivity index (χ0) is 14.0. The molecule has 0 aliphatic heterocycles. The summed E-state index contributed by atoms with van der Waals surface area (Å²) in [5.41, 5.74) is 4.03. The molecule has 1 amide bonds. The van der Waals surface area contributed by atoms with Crippen LogP contribution in [0.4, 0.5) is 13.2 Å². The molecular weight excluding hydrogens is 257 g/mol. The van der Waals surface area contributed by atoms with Gasteiger partial charge in [-0.05, 0) is 18.2 Å². The van der Waals surface area contributed by atoms with Gasteiger partial charge in [-0.1, -0.05) is 18.2 Å². The standard InChI is InChI=1S/C13H9F3N2O/c14-13(15,16)10-6-2-1-4-8(10)11-9(12(17)19)5-3-7-18-11/h1-7H,(H2,17,19). The molecule has 1 heterocycles. The van der Waals surface area contributed by atoms with Crippen molar-refractivity contribution in [2.45, 2.75) is 6.18 Å². The molecule has 0 unspecified atom stereocenters. The topological polar surface area (TPSA) is 56.0 Å². The van der Waals surface area contributed by atoms with Crippen molar-refractivity contribution in [2.75, 3.05) is 0 Å². The molecule has 1 aromatic carbocycles. The summed E-state index contributed by atoms with van der Waals surface area (Å²) in [6, 6.07) is 7.72. The van der Waals surface area contributed by atoms with Crippen LogP contribution < -0.4 is 5.73 Å². The van der Waals surface area contributed by atoms with Gasteiger partial charge >= 0.3 is 6.18 Å². The number of nitrogens with two attached hydrogens (primary N) is 1. The van der Waals surface area contributed by atoms with Gasteiger partial charge in [-0.25, -0.2) is 0 Å². The number of pyridine rings is 1. The molecule has 6 heteroatoms. The van der Waals surface area contributed by atoms with E-state index in [1.165, 1.54) is 36.5 Å². The van der Waals surface area contributed by atoms with Gasteiger partial charge in [0.05, 0.1) is 16.8 Å². The first-order valence-corrected chi connectivity index (χ1v) is 5.32. The van der Waals surface area contributed by atoms with E-state index in [4.69, 9.17) is 5.73 Å². The van der Waals surface area contributed by atoms with Gasteiger partial charge in [0.15, 0.2) is 0 Å². The molecule has 0 aliphatic rings. The molecule has 1 aromatic heterocycles. The van der Waals surface area contributed by atoms with E-state index >= 15 is 0 Å². The van der Waals surface area contributed by atoms with E-state index in [1.54, 1.807) is 0 Å². The zero-order valence-electron chi connectivity index (χ0n) is 9.61. The summed E-state index contributed by atoms with van der Waals surface area (Å²) in [6.45, 7) is 0. The molecule has 0 saturated carbocycles. The Balaban J connectivity index is 2.70. The molecule has 19 heavy (non-hydrogen) atoms. The normalized spacial score (nSPS) is 11.3. The number of halogens is 3. The highest BCUT2D eigenvalue weighted by Crippen LogP contribution is 2.37. The molecule has 0 radical (unpaired) electrons. The highest BCUT2D eigenvalue weighted by molar-refractivity contribution is 5.99. The fraction of sp³-hybridized carbons (Fsp3) is 0.0769. The fourth-order valence-electron chi connectivity index (χ4n) is 1.76. The lowest BCUT2D eigenvalue weighted by Crippen LogP contribution is -2.14. The molecule has 0 fully saturated rings. The third-order valence-electron chi connectivity index (χ3n) is 2.56. The lowest BCUT2D eigenvalue weighted by molar-refractivity contribution is -0.137. The minimum absolute atomic E-state index is 0.0424. The number of rotatable bonds is 2. The minimum Gasteiger partial charge on any atom is -0.366 e. The highest BCUT2D eigenvalue weighted by Gasteiger charge is 2.34. The van der Waals surface area contributed by atoms with Gasteiger partial charge in [0, 0.05) is 11.8 Å². The van der Waals surface area contributed by atoms with E-state index in [9.17, 15) is 18.0 Å². The maximum atomic E-state index is 12.9. The Bertz CT molecular complexity index is 623. The maximum Gasteiger partial charge on any atom is 0.417 e. The predicted octanol–water partition coefficient (Wildman–Crippen LogP) is 2.87. The quantitative estimate of drug-likeness (QED) is 0.908. The number of amides is 1. The van der Waals surface area contributed by atoms with Crippen LogP contribution >= 0.6 is 0 Å². The fourth-order valence-corrected chi connectivity index (χ4v) is 1.76. The molecule has 0 saturated heterocycles. The third-order valence-corrected chi connectivity index (χ3v) is 2.56. The lowest BCUT2D eigenvalue weighted by Gasteiger charge is -2.13. The molecule has 2 aromatic rings. The lowest BCUT2D eigenvalue weighted by atomic mass is 9.99. The summed E-state index contributed by atoms with van der Waals surface area (Å²) < 4.78 is 38.8. The molecule has 2 N–H and O–H groups in total. The number of carbonyl (C=O) groups is 1. The number of hydrogen-bond acceptors (Lipinski definition) is 2. The summed E-state index contributed by atoms with van der Waals surface area (Å²) in [5.74, 6) is -0.819. The largest absolute Gasteiger partial charge is 0.417 e. The smallest absolute Gasteiger partial charge is 0.366 e. The van der Waals surface area contributed by atoms with Gasteiger partial charge in [-0.15, -0.1) is 0 Å². The average Bonchev–Trinajstić information content (AvgIpc) is 2.37. The van der Waals surface area contributed by atoms with Crippen LogP contribution in [0.3, 0.4) is 0 Å². The highest BCUT2D eigenvalue weighted by atomic mass is 19.4. The second-order valence-corrected chi connectivity index (χ2v) is 3.81. The minimum atomic E-state index is -4.52. The van der Waals surface area contributed by atoms with Crippen LogP contribution in [-0.4, -0.2) is 10.9 Å². The van der Waals surface area contributed by atoms with E-state index in [1.807, 2.05) is 0 Å². The second-order valence-electron chi connectivity index (χ2n) is 3.81. The van der Waals surface area contributed by atoms with Crippen LogP contribution in [0, 0.1) is 0 Å². The molecule has 0 atom stereocenters. The van der Waals surface area contributed by atoms with Crippen LogP contribution in [0.5, 0.6) is 0 Å². The maximum absolute atomic E-state index is 12.9. The number of primary amides is 1. The molecule has 0 bridgehead atoms. The van der Waals surface area contributed by atoms with E-state index in [2.05, 4.69) is 4.98 Å². The van der Waals surface area contributed by atoms with E-state index in [-0.39, 0.29) is 16.8 Å². The van der Waals surface area contributed by atoms with Crippen molar-refractivity contribution >= 4 is 5.91 Å². The Morgan fingerprint density at radius 1 is 1.11 bits per heavy atom. The second kappa shape index (κ2) is 4.72. The van der Waals surface area contributed by atoms with Crippen LogP contribution in [0.1, 0.15) is 15.9 Å². The van der Waals surface area contributed by atoms with Crippen molar-refractivity contribution in [3.05, 3.63) is 53.7 Å². The van der Waals surface area contributed by atoms with Crippen LogP contribution in [-0.2, 0) is 6.18 Å². The van der Waals surface area contributed by atoms with E-state index < -0.39 is 17.6 Å². The van der Waals surface area contributed by atoms with Crippen molar-refractivity contribution in [1.29, 1.82) is 0 Å².